The Bertz CT molecular complexity index is 705. The number of carbonyl (C=O) groups excluding carboxylic acids is 1. The maximum atomic E-state index is 12.4. The number of benzene rings is 2. The highest BCUT2D eigenvalue weighted by Gasteiger charge is 2.15. The van der Waals surface area contributed by atoms with Crippen molar-refractivity contribution in [2.45, 2.75) is 13.5 Å². The van der Waals surface area contributed by atoms with Gasteiger partial charge in [0.15, 0.2) is 0 Å². The van der Waals surface area contributed by atoms with Crippen LogP contribution >= 0.6 is 0 Å². The summed E-state index contributed by atoms with van der Waals surface area (Å²) in [6.45, 7) is 8.77. The number of anilines is 1. The van der Waals surface area contributed by atoms with Crippen molar-refractivity contribution in [2.24, 2.45) is 0 Å². The molecule has 5 nitrogen and oxygen atoms in total. The maximum Gasteiger partial charge on any atom is 0.255 e. The molecule has 0 radical (unpaired) electrons. The summed E-state index contributed by atoms with van der Waals surface area (Å²) in [7, 11) is 1.62. The van der Waals surface area contributed by atoms with Gasteiger partial charge < -0.3 is 15.0 Å². The summed E-state index contributed by atoms with van der Waals surface area (Å²) in [5.41, 5.74) is 2.67. The number of ether oxygens (including phenoxy) is 1. The Labute approximate surface area is 155 Å². The van der Waals surface area contributed by atoms with Crippen LogP contribution in [0.2, 0.25) is 0 Å². The standard InChI is InChI=1S/C21H27N3O2/c1-3-23-12-14-24(15-13-23)16-17-4-6-18(7-5-17)21(25)22-19-8-10-20(26-2)11-9-19/h4-11H,3,12-16H2,1-2H3,(H,22,25). The molecule has 1 aliphatic heterocycles. The molecule has 0 spiro atoms. The Morgan fingerprint density at radius 3 is 2.15 bits per heavy atom. The number of amides is 1. The number of rotatable bonds is 6. The number of nitrogens with zero attached hydrogens (tertiary/aromatic N) is 2. The van der Waals surface area contributed by atoms with Crippen LogP contribution in [0.1, 0.15) is 22.8 Å². The molecule has 0 unspecified atom stereocenters. The van der Waals surface area contributed by atoms with Crippen LogP contribution in [-0.4, -0.2) is 55.5 Å². The third-order valence-electron chi connectivity index (χ3n) is 4.88. The van der Waals surface area contributed by atoms with E-state index < -0.39 is 0 Å². The molecule has 1 heterocycles. The average molecular weight is 353 g/mol. The Morgan fingerprint density at radius 2 is 1.58 bits per heavy atom. The summed E-state index contributed by atoms with van der Waals surface area (Å²) in [5.74, 6) is 0.672. The second kappa shape index (κ2) is 8.83. The normalized spacial score (nSPS) is 15.6. The van der Waals surface area contributed by atoms with Crippen molar-refractivity contribution in [2.75, 3.05) is 45.2 Å². The van der Waals surface area contributed by atoms with E-state index in [-0.39, 0.29) is 5.91 Å². The van der Waals surface area contributed by atoms with Gasteiger partial charge in [-0.1, -0.05) is 19.1 Å². The molecule has 26 heavy (non-hydrogen) atoms. The van der Waals surface area contributed by atoms with Crippen molar-refractivity contribution in [3.8, 4) is 5.75 Å². The van der Waals surface area contributed by atoms with Crippen LogP contribution in [0.5, 0.6) is 5.75 Å². The second-order valence-electron chi connectivity index (χ2n) is 6.59. The van der Waals surface area contributed by atoms with Gasteiger partial charge in [0, 0.05) is 44.0 Å². The van der Waals surface area contributed by atoms with Gasteiger partial charge in [0.2, 0.25) is 0 Å². The van der Waals surface area contributed by atoms with Crippen molar-refractivity contribution >= 4 is 11.6 Å². The molecule has 0 aliphatic carbocycles. The van der Waals surface area contributed by atoms with Gasteiger partial charge >= 0.3 is 0 Å². The predicted molar refractivity (Wildman–Crippen MR) is 105 cm³/mol. The lowest BCUT2D eigenvalue weighted by atomic mass is 10.1. The summed E-state index contributed by atoms with van der Waals surface area (Å²) in [4.78, 5) is 17.3. The van der Waals surface area contributed by atoms with Crippen molar-refractivity contribution < 1.29 is 9.53 Å². The first kappa shape index (κ1) is 18.4. The van der Waals surface area contributed by atoms with Gasteiger partial charge in [0.25, 0.3) is 5.91 Å². The van der Waals surface area contributed by atoms with E-state index in [2.05, 4.69) is 34.2 Å². The number of hydrogen-bond donors (Lipinski definition) is 1. The summed E-state index contributed by atoms with van der Waals surface area (Å²) >= 11 is 0. The Kier molecular flexibility index (Phi) is 6.26. The minimum absolute atomic E-state index is 0.0988. The molecule has 1 fully saturated rings. The van der Waals surface area contributed by atoms with E-state index in [1.54, 1.807) is 7.11 Å². The Balaban J connectivity index is 1.54. The summed E-state index contributed by atoms with van der Waals surface area (Å²) in [5, 5.41) is 2.91. The van der Waals surface area contributed by atoms with Crippen molar-refractivity contribution in [3.05, 3.63) is 59.7 Å². The lowest BCUT2D eigenvalue weighted by molar-refractivity contribution is 0.102. The summed E-state index contributed by atoms with van der Waals surface area (Å²) in [6, 6.07) is 15.2. The van der Waals surface area contributed by atoms with Gasteiger partial charge in [-0.3, -0.25) is 9.69 Å². The van der Waals surface area contributed by atoms with Gasteiger partial charge in [-0.2, -0.15) is 0 Å². The third-order valence-corrected chi connectivity index (χ3v) is 4.88. The number of carbonyl (C=O) groups is 1. The lowest BCUT2D eigenvalue weighted by Gasteiger charge is -2.34. The number of hydrogen-bond acceptors (Lipinski definition) is 4. The number of piperazine rings is 1. The van der Waals surface area contributed by atoms with Crippen LogP contribution in [0.15, 0.2) is 48.5 Å². The van der Waals surface area contributed by atoms with E-state index in [1.165, 1.54) is 5.56 Å². The quantitative estimate of drug-likeness (QED) is 0.867. The molecule has 138 valence electrons. The molecule has 0 atom stereocenters. The molecule has 0 saturated carbocycles. The molecule has 3 rings (SSSR count). The minimum Gasteiger partial charge on any atom is -0.497 e. The molecule has 1 N–H and O–H groups in total. The molecular weight excluding hydrogens is 326 g/mol. The fourth-order valence-corrected chi connectivity index (χ4v) is 3.16. The van der Waals surface area contributed by atoms with Crippen LogP contribution < -0.4 is 10.1 Å². The highest BCUT2D eigenvalue weighted by Crippen LogP contribution is 2.16. The maximum absolute atomic E-state index is 12.4. The molecule has 5 heteroatoms. The number of likely N-dealkylation sites (N-methyl/N-ethyl adjacent to an activating group) is 1. The monoisotopic (exact) mass is 353 g/mol. The highest BCUT2D eigenvalue weighted by molar-refractivity contribution is 6.04. The van der Waals surface area contributed by atoms with Crippen molar-refractivity contribution in [1.29, 1.82) is 0 Å². The third kappa shape index (κ3) is 4.84. The van der Waals surface area contributed by atoms with E-state index in [4.69, 9.17) is 4.74 Å². The molecule has 0 bridgehead atoms. The zero-order chi connectivity index (χ0) is 18.4. The second-order valence-corrected chi connectivity index (χ2v) is 6.59. The van der Waals surface area contributed by atoms with Crippen LogP contribution in [0.4, 0.5) is 5.69 Å². The first-order valence-electron chi connectivity index (χ1n) is 9.17. The zero-order valence-corrected chi connectivity index (χ0v) is 15.6. The van der Waals surface area contributed by atoms with Gasteiger partial charge in [-0.15, -0.1) is 0 Å². The summed E-state index contributed by atoms with van der Waals surface area (Å²) < 4.78 is 5.13. The largest absolute Gasteiger partial charge is 0.497 e. The Hall–Kier alpha value is -2.37. The van der Waals surface area contributed by atoms with Gasteiger partial charge in [0.1, 0.15) is 5.75 Å². The fourth-order valence-electron chi connectivity index (χ4n) is 3.16. The van der Waals surface area contributed by atoms with Gasteiger partial charge in [0.05, 0.1) is 7.11 Å². The van der Waals surface area contributed by atoms with Crippen molar-refractivity contribution in [1.82, 2.24) is 9.80 Å². The first-order chi connectivity index (χ1) is 12.7. The minimum atomic E-state index is -0.0988. The van der Waals surface area contributed by atoms with E-state index in [0.717, 1.165) is 50.7 Å². The first-order valence-corrected chi connectivity index (χ1v) is 9.17. The van der Waals surface area contributed by atoms with Crippen LogP contribution in [0, 0.1) is 0 Å². The van der Waals surface area contributed by atoms with Gasteiger partial charge in [-0.05, 0) is 48.5 Å². The Morgan fingerprint density at radius 1 is 0.962 bits per heavy atom. The van der Waals surface area contributed by atoms with E-state index in [1.807, 2.05) is 36.4 Å². The average Bonchev–Trinajstić information content (AvgIpc) is 2.69. The molecule has 1 aliphatic rings. The fraction of sp³-hybridized carbons (Fsp3) is 0.381. The van der Waals surface area contributed by atoms with E-state index in [0.29, 0.717) is 5.56 Å². The zero-order valence-electron chi connectivity index (χ0n) is 15.6. The highest BCUT2D eigenvalue weighted by atomic mass is 16.5. The van der Waals surface area contributed by atoms with Crippen LogP contribution in [-0.2, 0) is 6.54 Å². The SMILES string of the molecule is CCN1CCN(Cc2ccc(C(=O)Nc3ccc(OC)cc3)cc2)CC1. The molecule has 1 amide bonds. The smallest absolute Gasteiger partial charge is 0.255 e. The van der Waals surface area contributed by atoms with E-state index in [9.17, 15) is 4.79 Å². The topological polar surface area (TPSA) is 44.8 Å². The van der Waals surface area contributed by atoms with Crippen LogP contribution in [0.25, 0.3) is 0 Å². The molecule has 1 saturated heterocycles. The molecule has 2 aromatic carbocycles. The van der Waals surface area contributed by atoms with E-state index >= 15 is 0 Å². The molecule has 0 aromatic heterocycles. The van der Waals surface area contributed by atoms with Crippen molar-refractivity contribution in [3.63, 3.8) is 0 Å². The summed E-state index contributed by atoms with van der Waals surface area (Å²) in [6.07, 6.45) is 0. The van der Waals surface area contributed by atoms with Gasteiger partial charge in [-0.25, -0.2) is 0 Å². The molecular formula is C21H27N3O2. The lowest BCUT2D eigenvalue weighted by Crippen LogP contribution is -2.45. The predicted octanol–water partition coefficient (Wildman–Crippen LogP) is 3.09. The number of nitrogens with one attached hydrogen (secondary N) is 1. The molecule has 2 aromatic rings. The number of methoxy groups -OCH3 is 1. The van der Waals surface area contributed by atoms with Crippen LogP contribution in [0.3, 0.4) is 0 Å².